The second-order valence-corrected chi connectivity index (χ2v) is 6.65. The minimum Gasteiger partial charge on any atom is -0.364 e. The Morgan fingerprint density at radius 2 is 2.22 bits per heavy atom. The predicted octanol–water partition coefficient (Wildman–Crippen LogP) is 3.12. The van der Waals surface area contributed by atoms with Crippen LogP contribution in [0.4, 0.5) is 0 Å². The van der Waals surface area contributed by atoms with Gasteiger partial charge in [-0.3, -0.25) is 9.78 Å². The summed E-state index contributed by atoms with van der Waals surface area (Å²) in [5.41, 5.74) is 5.52. The summed E-state index contributed by atoms with van der Waals surface area (Å²) in [6.07, 6.45) is 3.67. The normalized spacial score (nSPS) is 10.9. The standard InChI is InChI=1S/C11H6IN3OS2/c12-6-2-14-3-9-5(6)1-8(18-9)11-15-7(4-17-11)10(13)16/h1-4H,(H2,13,16). The Hall–Kier alpha value is -1.06. The molecule has 1 amide bonds. The molecule has 7 heteroatoms. The molecule has 0 aliphatic carbocycles. The molecule has 0 radical (unpaired) electrons. The summed E-state index contributed by atoms with van der Waals surface area (Å²) in [7, 11) is 0. The van der Waals surface area contributed by atoms with E-state index in [2.05, 4.69) is 38.6 Å². The molecule has 2 N–H and O–H groups in total. The number of halogens is 1. The van der Waals surface area contributed by atoms with Gasteiger partial charge in [-0.15, -0.1) is 22.7 Å². The average Bonchev–Trinajstić information content (AvgIpc) is 2.95. The molecule has 90 valence electrons. The number of thiophene rings is 1. The summed E-state index contributed by atoms with van der Waals surface area (Å²) < 4.78 is 2.23. The monoisotopic (exact) mass is 387 g/mol. The van der Waals surface area contributed by atoms with E-state index < -0.39 is 5.91 Å². The Bertz CT molecular complexity index is 750. The summed E-state index contributed by atoms with van der Waals surface area (Å²) >= 11 is 5.31. The van der Waals surface area contributed by atoms with Crippen molar-refractivity contribution < 1.29 is 4.79 Å². The zero-order chi connectivity index (χ0) is 12.7. The van der Waals surface area contributed by atoms with Crippen molar-refractivity contribution >= 4 is 61.3 Å². The fourth-order valence-electron chi connectivity index (χ4n) is 1.53. The van der Waals surface area contributed by atoms with Gasteiger partial charge < -0.3 is 5.73 Å². The van der Waals surface area contributed by atoms with Crippen LogP contribution in [0.25, 0.3) is 20.0 Å². The number of amides is 1. The van der Waals surface area contributed by atoms with Gasteiger partial charge in [0.05, 0.1) is 9.58 Å². The maximum atomic E-state index is 11.0. The largest absolute Gasteiger partial charge is 0.364 e. The van der Waals surface area contributed by atoms with Gasteiger partial charge in [-0.1, -0.05) is 0 Å². The lowest BCUT2D eigenvalue weighted by Gasteiger charge is -1.89. The number of carbonyl (C=O) groups is 1. The minimum atomic E-state index is -0.491. The molecule has 0 spiro atoms. The first-order valence-electron chi connectivity index (χ1n) is 4.94. The van der Waals surface area contributed by atoms with E-state index in [0.29, 0.717) is 5.69 Å². The van der Waals surface area contributed by atoms with Crippen LogP contribution < -0.4 is 5.73 Å². The first-order valence-corrected chi connectivity index (χ1v) is 7.71. The van der Waals surface area contributed by atoms with Crippen LogP contribution in [0.3, 0.4) is 0 Å². The lowest BCUT2D eigenvalue weighted by atomic mass is 10.3. The van der Waals surface area contributed by atoms with Gasteiger partial charge in [-0.25, -0.2) is 4.98 Å². The van der Waals surface area contributed by atoms with Gasteiger partial charge >= 0.3 is 0 Å². The quantitative estimate of drug-likeness (QED) is 0.687. The van der Waals surface area contributed by atoms with Crippen LogP contribution in [-0.4, -0.2) is 15.9 Å². The fraction of sp³-hybridized carbons (Fsp3) is 0. The zero-order valence-electron chi connectivity index (χ0n) is 8.88. The van der Waals surface area contributed by atoms with Crippen molar-refractivity contribution in [3.8, 4) is 9.88 Å². The van der Waals surface area contributed by atoms with E-state index >= 15 is 0 Å². The molecule has 3 heterocycles. The van der Waals surface area contributed by atoms with E-state index in [0.717, 1.165) is 18.2 Å². The number of hydrogen-bond acceptors (Lipinski definition) is 5. The Kier molecular flexibility index (Phi) is 3.04. The zero-order valence-corrected chi connectivity index (χ0v) is 12.7. The van der Waals surface area contributed by atoms with Gasteiger partial charge in [0.1, 0.15) is 10.7 Å². The second kappa shape index (κ2) is 4.56. The number of primary amides is 1. The number of nitrogens with zero attached hydrogens (tertiary/aromatic N) is 2. The molecule has 0 saturated carbocycles. The van der Waals surface area contributed by atoms with Crippen molar-refractivity contribution in [2.45, 2.75) is 0 Å². The molecule has 18 heavy (non-hydrogen) atoms. The molecule has 0 aliphatic heterocycles. The number of carbonyl (C=O) groups excluding carboxylic acids is 1. The molecule has 0 bridgehead atoms. The van der Waals surface area contributed by atoms with Gasteiger partial charge in [0.15, 0.2) is 0 Å². The fourth-order valence-corrected chi connectivity index (χ4v) is 4.25. The van der Waals surface area contributed by atoms with E-state index in [9.17, 15) is 4.79 Å². The second-order valence-electron chi connectivity index (χ2n) is 3.55. The number of pyridine rings is 1. The molecule has 0 aromatic carbocycles. The van der Waals surface area contributed by atoms with Crippen molar-refractivity contribution in [3.05, 3.63) is 33.1 Å². The van der Waals surface area contributed by atoms with Gasteiger partial charge in [-0.05, 0) is 28.7 Å². The van der Waals surface area contributed by atoms with E-state index in [1.165, 1.54) is 16.7 Å². The van der Waals surface area contributed by atoms with Crippen LogP contribution in [0, 0.1) is 3.57 Å². The number of aromatic nitrogens is 2. The Labute approximate surface area is 124 Å². The van der Waals surface area contributed by atoms with Crippen LogP contribution in [-0.2, 0) is 0 Å². The molecule has 3 aromatic rings. The summed E-state index contributed by atoms with van der Waals surface area (Å²) in [6.45, 7) is 0. The molecule has 0 fully saturated rings. The number of nitrogens with two attached hydrogens (primary N) is 1. The Balaban J connectivity index is 2.13. The van der Waals surface area contributed by atoms with Crippen molar-refractivity contribution in [2.24, 2.45) is 5.73 Å². The lowest BCUT2D eigenvalue weighted by Crippen LogP contribution is -2.10. The first-order chi connectivity index (χ1) is 8.65. The molecule has 0 atom stereocenters. The third-order valence-electron chi connectivity index (χ3n) is 2.37. The smallest absolute Gasteiger partial charge is 0.268 e. The van der Waals surface area contributed by atoms with Crippen molar-refractivity contribution in [3.63, 3.8) is 0 Å². The van der Waals surface area contributed by atoms with Crippen molar-refractivity contribution in [2.75, 3.05) is 0 Å². The maximum Gasteiger partial charge on any atom is 0.268 e. The topological polar surface area (TPSA) is 68.9 Å². The van der Waals surface area contributed by atoms with Crippen LogP contribution in [0.15, 0.2) is 23.8 Å². The summed E-state index contributed by atoms with van der Waals surface area (Å²) in [4.78, 5) is 20.5. The molecule has 0 aliphatic rings. The molecule has 4 nitrogen and oxygen atoms in total. The molecular formula is C11H6IN3OS2. The van der Waals surface area contributed by atoms with Crippen molar-refractivity contribution in [1.82, 2.24) is 9.97 Å². The van der Waals surface area contributed by atoms with E-state index in [1.54, 1.807) is 16.7 Å². The molecular weight excluding hydrogens is 381 g/mol. The predicted molar refractivity (Wildman–Crippen MR) is 82.0 cm³/mol. The molecule has 3 rings (SSSR count). The highest BCUT2D eigenvalue weighted by molar-refractivity contribution is 14.1. The maximum absolute atomic E-state index is 11.0. The van der Waals surface area contributed by atoms with Crippen LogP contribution >= 0.6 is 45.3 Å². The summed E-state index contributed by atoms with van der Waals surface area (Å²) in [5, 5.41) is 3.67. The van der Waals surface area contributed by atoms with Gasteiger partial charge in [-0.2, -0.15) is 0 Å². The number of fused-ring (bicyclic) bond motifs is 1. The highest BCUT2D eigenvalue weighted by atomic mass is 127. The number of hydrogen-bond donors (Lipinski definition) is 1. The van der Waals surface area contributed by atoms with Crippen LogP contribution in [0.2, 0.25) is 0 Å². The number of rotatable bonds is 2. The molecule has 0 unspecified atom stereocenters. The summed E-state index contributed by atoms with van der Waals surface area (Å²) in [6, 6.07) is 2.08. The van der Waals surface area contributed by atoms with Crippen LogP contribution in [0.1, 0.15) is 10.5 Å². The van der Waals surface area contributed by atoms with E-state index in [-0.39, 0.29) is 0 Å². The molecule has 0 saturated heterocycles. The highest BCUT2D eigenvalue weighted by Gasteiger charge is 2.12. The number of thiazole rings is 1. The third kappa shape index (κ3) is 2.02. The highest BCUT2D eigenvalue weighted by Crippen LogP contribution is 2.36. The van der Waals surface area contributed by atoms with Crippen molar-refractivity contribution in [1.29, 1.82) is 0 Å². The van der Waals surface area contributed by atoms with Gasteiger partial charge in [0.2, 0.25) is 0 Å². The third-order valence-corrected chi connectivity index (χ3v) is 5.31. The van der Waals surface area contributed by atoms with Gasteiger partial charge in [0, 0.05) is 26.7 Å². The Morgan fingerprint density at radius 3 is 2.89 bits per heavy atom. The van der Waals surface area contributed by atoms with E-state index in [4.69, 9.17) is 5.73 Å². The lowest BCUT2D eigenvalue weighted by molar-refractivity contribution is 0.0996. The minimum absolute atomic E-state index is 0.320. The first kappa shape index (κ1) is 12.0. The Morgan fingerprint density at radius 1 is 1.39 bits per heavy atom. The summed E-state index contributed by atoms with van der Waals surface area (Å²) in [5.74, 6) is -0.491. The SMILES string of the molecule is NC(=O)c1csc(-c2cc3c(I)cncc3s2)n1. The molecule has 3 aromatic heterocycles. The van der Waals surface area contributed by atoms with E-state index in [1.807, 2.05) is 12.4 Å². The average molecular weight is 387 g/mol. The van der Waals surface area contributed by atoms with Crippen LogP contribution in [0.5, 0.6) is 0 Å². The van der Waals surface area contributed by atoms with Gasteiger partial charge in [0.25, 0.3) is 5.91 Å².